The van der Waals surface area contributed by atoms with Crippen molar-refractivity contribution >= 4 is 10.2 Å². The van der Waals surface area contributed by atoms with Gasteiger partial charge in [-0.15, -0.1) is 0 Å². The Bertz CT molecular complexity index is 906. The molecule has 8 nitrogen and oxygen atoms in total. The van der Waals surface area contributed by atoms with Gasteiger partial charge in [-0.2, -0.15) is 22.1 Å². The van der Waals surface area contributed by atoms with E-state index in [2.05, 4.69) is 10.1 Å². The maximum atomic E-state index is 12.4. The average Bonchev–Trinajstić information content (AvgIpc) is 2.87. The van der Waals surface area contributed by atoms with Gasteiger partial charge in [0.25, 0.3) is 10.2 Å². The Balaban J connectivity index is 1.91. The first kappa shape index (κ1) is 18.9. The van der Waals surface area contributed by atoms with Crippen LogP contribution < -0.4 is 0 Å². The van der Waals surface area contributed by atoms with Crippen molar-refractivity contribution in [2.45, 2.75) is 32.6 Å². The Hall–Kier alpha value is -1.84. The fourth-order valence-corrected chi connectivity index (χ4v) is 4.66. The number of aromatic nitrogens is 4. The van der Waals surface area contributed by atoms with Gasteiger partial charge in [-0.25, -0.2) is 4.98 Å². The minimum atomic E-state index is -3.41. The average molecular weight is 379 g/mol. The van der Waals surface area contributed by atoms with E-state index >= 15 is 0 Å². The van der Waals surface area contributed by atoms with Crippen molar-refractivity contribution in [3.63, 3.8) is 0 Å². The van der Waals surface area contributed by atoms with Gasteiger partial charge in [-0.1, -0.05) is 0 Å². The number of hydrogen-bond donors (Lipinski definition) is 0. The Labute approximate surface area is 155 Å². The third kappa shape index (κ3) is 3.38. The molecule has 9 heteroatoms. The van der Waals surface area contributed by atoms with Crippen LogP contribution in [-0.4, -0.2) is 64.0 Å². The summed E-state index contributed by atoms with van der Waals surface area (Å²) in [5.41, 5.74) is 4.57. The monoisotopic (exact) mass is 378 g/mol. The predicted octanol–water partition coefficient (Wildman–Crippen LogP) is 1.48. The molecule has 2 aromatic heterocycles. The van der Waals surface area contributed by atoms with Gasteiger partial charge >= 0.3 is 0 Å². The second-order valence-corrected chi connectivity index (χ2v) is 9.13. The number of rotatable bonds is 4. The lowest BCUT2D eigenvalue weighted by atomic mass is 9.96. The number of nitrogens with zero attached hydrogens (tertiary/aromatic N) is 6. The Morgan fingerprint density at radius 1 is 1.23 bits per heavy atom. The van der Waals surface area contributed by atoms with Crippen molar-refractivity contribution < 1.29 is 8.42 Å². The van der Waals surface area contributed by atoms with E-state index in [1.165, 1.54) is 8.61 Å². The quantitative estimate of drug-likeness (QED) is 0.805. The van der Waals surface area contributed by atoms with Gasteiger partial charge in [0.2, 0.25) is 0 Å². The molecule has 1 aliphatic rings. The van der Waals surface area contributed by atoms with Gasteiger partial charge in [0.1, 0.15) is 0 Å². The van der Waals surface area contributed by atoms with E-state index in [-0.39, 0.29) is 5.92 Å². The molecule has 3 heterocycles. The third-order valence-corrected chi connectivity index (χ3v) is 6.92. The zero-order chi connectivity index (χ0) is 19.1. The van der Waals surface area contributed by atoms with Crippen LogP contribution in [0.3, 0.4) is 0 Å². The molecule has 1 fully saturated rings. The first-order valence-corrected chi connectivity index (χ1v) is 10.1. The predicted molar refractivity (Wildman–Crippen MR) is 99.9 cm³/mol. The normalized spacial score (nSPS) is 19.2. The molecule has 0 aromatic carbocycles. The zero-order valence-corrected chi connectivity index (χ0v) is 16.8. The first-order chi connectivity index (χ1) is 12.2. The molecule has 0 unspecified atom stereocenters. The molecule has 2 aromatic rings. The van der Waals surface area contributed by atoms with Crippen LogP contribution in [0.1, 0.15) is 35.8 Å². The van der Waals surface area contributed by atoms with Gasteiger partial charge in [-0.3, -0.25) is 9.67 Å². The summed E-state index contributed by atoms with van der Waals surface area (Å²) in [5, 5.41) is 4.45. The summed E-state index contributed by atoms with van der Waals surface area (Å²) in [5.74, 6) is 0.0446. The van der Waals surface area contributed by atoms with Crippen LogP contribution in [0, 0.1) is 13.8 Å². The van der Waals surface area contributed by atoms with E-state index in [0.717, 1.165) is 41.2 Å². The molecule has 0 radical (unpaired) electrons. The van der Waals surface area contributed by atoms with Gasteiger partial charge in [-0.05, 0) is 26.7 Å². The molecule has 1 aliphatic heterocycles. The van der Waals surface area contributed by atoms with E-state index in [4.69, 9.17) is 4.98 Å². The van der Waals surface area contributed by atoms with Crippen molar-refractivity contribution in [2.24, 2.45) is 7.05 Å². The molecule has 142 valence electrons. The third-order valence-electron chi connectivity index (χ3n) is 5.01. The molecular weight excluding hydrogens is 352 g/mol. The van der Waals surface area contributed by atoms with Gasteiger partial charge < -0.3 is 0 Å². The largest absolute Gasteiger partial charge is 0.281 e. The Kier molecular flexibility index (Phi) is 5.14. The number of piperidine rings is 1. The summed E-state index contributed by atoms with van der Waals surface area (Å²) < 4.78 is 29.5. The number of hydrogen-bond acceptors (Lipinski definition) is 5. The Morgan fingerprint density at radius 3 is 2.58 bits per heavy atom. The standard InChI is InChI=1S/C17H26N6O2S/c1-12-17(13(2)22(5)20-12)16-10-18-9-15(19-16)14-7-6-8-23(11-14)26(24,25)21(3)4/h9-10,14H,6-8,11H2,1-5H3/t14-/m1/s1. The zero-order valence-electron chi connectivity index (χ0n) is 16.0. The summed E-state index contributed by atoms with van der Waals surface area (Å²) in [6.45, 7) is 4.95. The highest BCUT2D eigenvalue weighted by atomic mass is 32.2. The lowest BCUT2D eigenvalue weighted by molar-refractivity contribution is 0.296. The lowest BCUT2D eigenvalue weighted by Crippen LogP contribution is -2.45. The molecule has 3 rings (SSSR count). The summed E-state index contributed by atoms with van der Waals surface area (Å²) >= 11 is 0. The molecule has 0 spiro atoms. The molecule has 0 N–H and O–H groups in total. The van der Waals surface area contributed by atoms with Crippen LogP contribution in [0.25, 0.3) is 11.3 Å². The van der Waals surface area contributed by atoms with Gasteiger partial charge in [0.05, 0.1) is 23.3 Å². The van der Waals surface area contributed by atoms with Crippen molar-refractivity contribution in [3.05, 3.63) is 29.5 Å². The molecule has 0 amide bonds. The van der Waals surface area contributed by atoms with Crippen LogP contribution >= 0.6 is 0 Å². The van der Waals surface area contributed by atoms with Gasteiger partial charge in [0.15, 0.2) is 0 Å². The fourth-order valence-electron chi connectivity index (χ4n) is 3.47. The molecule has 1 atom stereocenters. The maximum Gasteiger partial charge on any atom is 0.281 e. The summed E-state index contributed by atoms with van der Waals surface area (Å²) in [6, 6.07) is 0. The number of aryl methyl sites for hydroxylation is 2. The molecule has 26 heavy (non-hydrogen) atoms. The highest BCUT2D eigenvalue weighted by Gasteiger charge is 2.32. The second-order valence-electron chi connectivity index (χ2n) is 6.99. The molecule has 0 bridgehead atoms. The highest BCUT2D eigenvalue weighted by Crippen LogP contribution is 2.30. The van der Waals surface area contributed by atoms with Gasteiger partial charge in [0, 0.05) is 57.6 Å². The van der Waals surface area contributed by atoms with E-state index in [1.807, 2.05) is 25.6 Å². The minimum Gasteiger partial charge on any atom is -0.272 e. The molecule has 1 saturated heterocycles. The van der Waals surface area contributed by atoms with Crippen LogP contribution in [-0.2, 0) is 17.3 Å². The van der Waals surface area contributed by atoms with Crippen molar-refractivity contribution in [1.29, 1.82) is 0 Å². The van der Waals surface area contributed by atoms with E-state index < -0.39 is 10.2 Å². The lowest BCUT2D eigenvalue weighted by Gasteiger charge is -2.33. The van der Waals surface area contributed by atoms with Crippen LogP contribution in [0.2, 0.25) is 0 Å². The van der Waals surface area contributed by atoms with Crippen molar-refractivity contribution in [1.82, 2.24) is 28.4 Å². The van der Waals surface area contributed by atoms with Crippen LogP contribution in [0.4, 0.5) is 0 Å². The smallest absolute Gasteiger partial charge is 0.272 e. The Morgan fingerprint density at radius 2 is 1.96 bits per heavy atom. The summed E-state index contributed by atoms with van der Waals surface area (Å²) in [7, 11) is 1.63. The van der Waals surface area contributed by atoms with Crippen LogP contribution in [0.15, 0.2) is 12.4 Å². The van der Waals surface area contributed by atoms with Crippen LogP contribution in [0.5, 0.6) is 0 Å². The van der Waals surface area contributed by atoms with E-state index in [0.29, 0.717) is 13.1 Å². The second kappa shape index (κ2) is 7.05. The van der Waals surface area contributed by atoms with Crippen molar-refractivity contribution in [2.75, 3.05) is 27.2 Å². The SMILES string of the molecule is Cc1nn(C)c(C)c1-c1cncc([C@@H]2CCCN(S(=O)(=O)N(C)C)C2)n1. The summed E-state index contributed by atoms with van der Waals surface area (Å²) in [6.07, 6.45) is 5.22. The van der Waals surface area contributed by atoms with E-state index in [1.54, 1.807) is 26.5 Å². The topological polar surface area (TPSA) is 84.2 Å². The molecular formula is C17H26N6O2S. The highest BCUT2D eigenvalue weighted by molar-refractivity contribution is 7.86. The van der Waals surface area contributed by atoms with E-state index in [9.17, 15) is 8.42 Å². The maximum absolute atomic E-state index is 12.4. The minimum absolute atomic E-state index is 0.0446. The summed E-state index contributed by atoms with van der Waals surface area (Å²) in [4.78, 5) is 9.18. The first-order valence-electron chi connectivity index (χ1n) is 8.72. The van der Waals surface area contributed by atoms with Crippen molar-refractivity contribution in [3.8, 4) is 11.3 Å². The molecule has 0 saturated carbocycles. The fraction of sp³-hybridized carbons (Fsp3) is 0.588. The molecule has 0 aliphatic carbocycles.